The van der Waals surface area contributed by atoms with Gasteiger partial charge in [-0.1, -0.05) is 0 Å². The number of piperidine rings is 1. The predicted molar refractivity (Wildman–Crippen MR) is 45.7 cm³/mol. The monoisotopic (exact) mass is 245 g/mol. The molecule has 0 unspecified atom stereocenters. The van der Waals surface area contributed by atoms with Gasteiger partial charge >= 0.3 is 12.1 Å². The number of carboxylic acids is 1. The van der Waals surface area contributed by atoms with Crippen LogP contribution in [0.15, 0.2) is 0 Å². The van der Waals surface area contributed by atoms with Gasteiger partial charge in [-0.2, -0.15) is 13.2 Å². The number of carbonyl (C=O) groups excluding carboxylic acids is 1. The minimum Gasteiger partial charge on any atom is -0.475 e. The summed E-state index contributed by atoms with van der Waals surface area (Å²) in [7, 11) is 0. The molecule has 94 valence electrons. The van der Waals surface area contributed by atoms with Gasteiger partial charge in [-0.15, -0.1) is 0 Å². The average Bonchev–Trinajstić information content (AvgIpc) is 2.18. The lowest BCUT2D eigenvalue weighted by Gasteiger charge is -2.23. The lowest BCUT2D eigenvalue weighted by atomic mass is 9.97. The summed E-state index contributed by atoms with van der Waals surface area (Å²) in [6.45, 7) is 1.24. The first-order valence-corrected chi connectivity index (χ1v) is 4.37. The topological polar surface area (TPSA) is 66.4 Å². The summed E-state index contributed by atoms with van der Waals surface area (Å²) in [5.41, 5.74) is -1.52. The van der Waals surface area contributed by atoms with Gasteiger partial charge in [0.05, 0.1) is 0 Å². The molecule has 0 aromatic heterocycles. The van der Waals surface area contributed by atoms with E-state index in [1.807, 2.05) is 0 Å². The standard InChI is InChI=1S/C6H10FNO.C2HF3O2/c7-6(5-9)1-3-8-4-2-6;3-2(4,5)1(6)7/h5,8H,1-4H2;(H,6,7). The molecule has 0 aliphatic carbocycles. The molecule has 0 atom stereocenters. The van der Waals surface area contributed by atoms with Crippen LogP contribution in [0, 0.1) is 0 Å². The van der Waals surface area contributed by atoms with E-state index in [0.29, 0.717) is 32.2 Å². The Balaban J connectivity index is 0.000000293. The van der Waals surface area contributed by atoms with E-state index in [1.165, 1.54) is 0 Å². The highest BCUT2D eigenvalue weighted by molar-refractivity contribution is 5.73. The fourth-order valence-corrected chi connectivity index (χ4v) is 0.960. The van der Waals surface area contributed by atoms with Gasteiger partial charge in [-0.05, 0) is 13.1 Å². The Morgan fingerprint density at radius 1 is 1.31 bits per heavy atom. The molecule has 0 saturated carbocycles. The highest BCUT2D eigenvalue weighted by atomic mass is 19.4. The molecular formula is C8H11F4NO3. The number of nitrogens with one attached hydrogen (secondary N) is 1. The van der Waals surface area contributed by atoms with Gasteiger partial charge in [0.25, 0.3) is 0 Å². The Hall–Kier alpha value is -1.18. The molecule has 1 fully saturated rings. The van der Waals surface area contributed by atoms with Crippen LogP contribution in [0.4, 0.5) is 17.6 Å². The van der Waals surface area contributed by atoms with Gasteiger partial charge in [-0.25, -0.2) is 9.18 Å². The Kier molecular flexibility index (Phi) is 5.36. The molecule has 0 spiro atoms. The van der Waals surface area contributed by atoms with E-state index in [1.54, 1.807) is 0 Å². The van der Waals surface area contributed by atoms with Crippen molar-refractivity contribution >= 4 is 12.3 Å². The minimum atomic E-state index is -5.08. The smallest absolute Gasteiger partial charge is 0.475 e. The molecule has 0 radical (unpaired) electrons. The van der Waals surface area contributed by atoms with Crippen molar-refractivity contribution in [2.24, 2.45) is 0 Å². The van der Waals surface area contributed by atoms with Crippen molar-refractivity contribution in [2.45, 2.75) is 24.7 Å². The van der Waals surface area contributed by atoms with E-state index in [-0.39, 0.29) is 0 Å². The van der Waals surface area contributed by atoms with Crippen LogP contribution >= 0.6 is 0 Å². The second kappa shape index (κ2) is 5.78. The largest absolute Gasteiger partial charge is 0.490 e. The van der Waals surface area contributed by atoms with Crippen LogP contribution in [0.2, 0.25) is 0 Å². The summed E-state index contributed by atoms with van der Waals surface area (Å²) in [5.74, 6) is -2.76. The molecule has 4 nitrogen and oxygen atoms in total. The first-order chi connectivity index (χ1) is 7.21. The van der Waals surface area contributed by atoms with E-state index in [4.69, 9.17) is 9.90 Å². The fraction of sp³-hybridized carbons (Fsp3) is 0.750. The van der Waals surface area contributed by atoms with Crippen LogP contribution in [0.1, 0.15) is 12.8 Å². The van der Waals surface area contributed by atoms with Crippen molar-refractivity contribution < 1.29 is 32.3 Å². The summed E-state index contributed by atoms with van der Waals surface area (Å²) < 4.78 is 44.6. The summed E-state index contributed by atoms with van der Waals surface area (Å²) in [4.78, 5) is 19.0. The normalized spacial score (nSPS) is 19.2. The number of rotatable bonds is 1. The second-order valence-corrected chi connectivity index (χ2v) is 3.21. The van der Waals surface area contributed by atoms with E-state index in [9.17, 15) is 22.4 Å². The van der Waals surface area contributed by atoms with E-state index in [0.717, 1.165) is 0 Å². The lowest BCUT2D eigenvalue weighted by Crippen LogP contribution is -2.39. The minimum absolute atomic E-state index is 0.330. The van der Waals surface area contributed by atoms with Crippen molar-refractivity contribution in [2.75, 3.05) is 13.1 Å². The van der Waals surface area contributed by atoms with Crippen molar-refractivity contribution in [3.63, 3.8) is 0 Å². The maximum absolute atomic E-state index is 12.9. The zero-order valence-electron chi connectivity index (χ0n) is 8.18. The van der Waals surface area contributed by atoms with E-state index >= 15 is 0 Å². The highest BCUT2D eigenvalue weighted by Gasteiger charge is 2.38. The summed E-state index contributed by atoms with van der Waals surface area (Å²) in [6, 6.07) is 0. The van der Waals surface area contributed by atoms with Gasteiger partial charge in [0.1, 0.15) is 0 Å². The Morgan fingerprint density at radius 3 is 1.88 bits per heavy atom. The zero-order chi connectivity index (χ0) is 12.8. The van der Waals surface area contributed by atoms with Crippen molar-refractivity contribution in [1.82, 2.24) is 5.32 Å². The molecule has 1 aliphatic rings. The van der Waals surface area contributed by atoms with Gasteiger partial charge in [0.2, 0.25) is 0 Å². The van der Waals surface area contributed by atoms with Crippen LogP contribution in [0.3, 0.4) is 0 Å². The van der Waals surface area contributed by atoms with Crippen LogP contribution in [-0.2, 0) is 9.59 Å². The van der Waals surface area contributed by atoms with Crippen LogP contribution in [0.25, 0.3) is 0 Å². The van der Waals surface area contributed by atoms with Crippen molar-refractivity contribution in [1.29, 1.82) is 0 Å². The molecule has 1 heterocycles. The third-order valence-corrected chi connectivity index (χ3v) is 1.89. The average molecular weight is 245 g/mol. The molecule has 1 saturated heterocycles. The molecule has 2 N–H and O–H groups in total. The number of alkyl halides is 4. The lowest BCUT2D eigenvalue weighted by molar-refractivity contribution is -0.192. The number of halogens is 4. The second-order valence-electron chi connectivity index (χ2n) is 3.21. The SMILES string of the molecule is O=C(O)C(F)(F)F.O=CC1(F)CCNCC1. The quantitative estimate of drug-likeness (QED) is 0.532. The summed E-state index contributed by atoms with van der Waals surface area (Å²) in [6.07, 6.45) is -4.00. The number of carboxylic acid groups (broad SMARTS) is 1. The molecule has 0 aromatic rings. The predicted octanol–water partition coefficient (Wildman–Crippen LogP) is 0.910. The first-order valence-electron chi connectivity index (χ1n) is 4.37. The summed E-state index contributed by atoms with van der Waals surface area (Å²) >= 11 is 0. The van der Waals surface area contributed by atoms with Crippen molar-refractivity contribution in [3.05, 3.63) is 0 Å². The molecule has 8 heteroatoms. The molecule has 1 rings (SSSR count). The van der Waals surface area contributed by atoms with Crippen LogP contribution in [0.5, 0.6) is 0 Å². The Morgan fingerprint density at radius 2 is 1.69 bits per heavy atom. The van der Waals surface area contributed by atoms with E-state index in [2.05, 4.69) is 5.32 Å². The molecule has 0 aromatic carbocycles. The molecule has 16 heavy (non-hydrogen) atoms. The fourth-order valence-electron chi connectivity index (χ4n) is 0.960. The van der Waals surface area contributed by atoms with Crippen molar-refractivity contribution in [3.8, 4) is 0 Å². The molecule has 1 aliphatic heterocycles. The number of aldehydes is 1. The maximum atomic E-state index is 12.9. The Bertz CT molecular complexity index is 248. The number of aliphatic carboxylic acids is 1. The van der Waals surface area contributed by atoms with Gasteiger partial charge in [0.15, 0.2) is 12.0 Å². The van der Waals surface area contributed by atoms with Crippen LogP contribution < -0.4 is 5.32 Å². The molecule has 0 bridgehead atoms. The van der Waals surface area contributed by atoms with Gasteiger partial charge < -0.3 is 10.4 Å². The maximum Gasteiger partial charge on any atom is 0.490 e. The zero-order valence-corrected chi connectivity index (χ0v) is 8.18. The van der Waals surface area contributed by atoms with Gasteiger partial charge in [-0.3, -0.25) is 4.79 Å². The van der Waals surface area contributed by atoms with Gasteiger partial charge in [0, 0.05) is 12.8 Å². The first kappa shape index (κ1) is 14.8. The van der Waals surface area contributed by atoms with E-state index < -0.39 is 17.8 Å². The number of hydrogen-bond acceptors (Lipinski definition) is 3. The number of hydrogen-bond donors (Lipinski definition) is 2. The number of carbonyl (C=O) groups is 2. The summed E-state index contributed by atoms with van der Waals surface area (Å²) in [5, 5.41) is 10.1. The highest BCUT2D eigenvalue weighted by Crippen LogP contribution is 2.19. The molecule has 0 amide bonds. The third-order valence-electron chi connectivity index (χ3n) is 1.89. The van der Waals surface area contributed by atoms with Crippen LogP contribution in [-0.4, -0.2) is 42.3 Å². The Labute approximate surface area is 88.6 Å². The molecular weight excluding hydrogens is 234 g/mol. The third kappa shape index (κ3) is 5.64.